The van der Waals surface area contributed by atoms with E-state index in [0.717, 1.165) is 10.8 Å². The molecule has 0 atom stereocenters. The maximum atomic E-state index is 13.5. The number of amides is 2. The van der Waals surface area contributed by atoms with Gasteiger partial charge in [0.15, 0.2) is 0 Å². The molecular formula is C21H20ClFN4O3. The predicted octanol–water partition coefficient (Wildman–Crippen LogP) is 4.13. The molecule has 0 saturated carbocycles. The number of hydrogen-bond donors (Lipinski definition) is 2. The number of anilines is 1. The first-order valence-electron chi connectivity index (χ1n) is 9.17. The molecule has 0 spiro atoms. The van der Waals surface area contributed by atoms with Crippen molar-refractivity contribution in [2.24, 2.45) is 0 Å². The summed E-state index contributed by atoms with van der Waals surface area (Å²) in [5, 5.41) is 5.70. The van der Waals surface area contributed by atoms with Crippen molar-refractivity contribution in [1.82, 2.24) is 15.4 Å². The Morgan fingerprint density at radius 3 is 2.70 bits per heavy atom. The summed E-state index contributed by atoms with van der Waals surface area (Å²) in [6.07, 6.45) is 0.971. The fraction of sp³-hybridized carbons (Fsp3) is 0.190. The third-order valence-corrected chi connectivity index (χ3v) is 4.70. The number of rotatable bonds is 7. The minimum atomic E-state index is -0.686. The van der Waals surface area contributed by atoms with Gasteiger partial charge >= 0.3 is 6.09 Å². The van der Waals surface area contributed by atoms with Crippen LogP contribution in [0.4, 0.5) is 15.0 Å². The first-order valence-corrected chi connectivity index (χ1v) is 9.55. The molecule has 2 aromatic carbocycles. The average molecular weight is 431 g/mol. The molecule has 30 heavy (non-hydrogen) atoms. The van der Waals surface area contributed by atoms with E-state index in [1.54, 1.807) is 18.3 Å². The van der Waals surface area contributed by atoms with Crippen LogP contribution in [-0.2, 0) is 16.1 Å². The molecule has 1 heterocycles. The summed E-state index contributed by atoms with van der Waals surface area (Å²) < 4.78 is 18.6. The Kier molecular flexibility index (Phi) is 7.16. The number of nitrogens with one attached hydrogen (secondary N) is 2. The van der Waals surface area contributed by atoms with E-state index < -0.39 is 11.9 Å². The molecular weight excluding hydrogens is 411 g/mol. The first-order chi connectivity index (χ1) is 14.4. The molecule has 2 amide bonds. The van der Waals surface area contributed by atoms with Gasteiger partial charge in [-0.2, -0.15) is 0 Å². The second kappa shape index (κ2) is 10.00. The fourth-order valence-electron chi connectivity index (χ4n) is 2.74. The smallest absolute Gasteiger partial charge is 0.412 e. The Morgan fingerprint density at radius 1 is 1.17 bits per heavy atom. The van der Waals surface area contributed by atoms with Crippen molar-refractivity contribution in [3.63, 3.8) is 0 Å². The normalized spacial score (nSPS) is 10.6. The van der Waals surface area contributed by atoms with Gasteiger partial charge in [-0.1, -0.05) is 48.0 Å². The number of aromatic nitrogens is 1. The average Bonchev–Trinajstić information content (AvgIpc) is 2.73. The summed E-state index contributed by atoms with van der Waals surface area (Å²) in [6, 6.07) is 13.8. The minimum absolute atomic E-state index is 0.00739. The number of hydrogen-bond acceptors (Lipinski definition) is 5. The van der Waals surface area contributed by atoms with Gasteiger partial charge in [0.2, 0.25) is 5.91 Å². The lowest BCUT2D eigenvalue weighted by Crippen LogP contribution is -2.43. The molecule has 0 bridgehead atoms. The van der Waals surface area contributed by atoms with Gasteiger partial charge in [-0.25, -0.2) is 19.6 Å². The highest BCUT2D eigenvalue weighted by atomic mass is 35.5. The van der Waals surface area contributed by atoms with Crippen molar-refractivity contribution in [2.45, 2.75) is 13.5 Å². The zero-order valence-corrected chi connectivity index (χ0v) is 16.9. The number of carbonyl (C=O) groups is 2. The number of fused-ring (bicyclic) bond motifs is 1. The van der Waals surface area contributed by atoms with Crippen LogP contribution in [0.15, 0.2) is 54.7 Å². The van der Waals surface area contributed by atoms with Crippen LogP contribution in [0.25, 0.3) is 10.8 Å². The molecule has 1 aromatic heterocycles. The number of halogens is 2. The fourth-order valence-corrected chi connectivity index (χ4v) is 2.93. The van der Waals surface area contributed by atoms with Crippen LogP contribution in [0.1, 0.15) is 12.5 Å². The predicted molar refractivity (Wildman–Crippen MR) is 112 cm³/mol. The van der Waals surface area contributed by atoms with E-state index in [4.69, 9.17) is 16.3 Å². The van der Waals surface area contributed by atoms with Crippen molar-refractivity contribution < 1.29 is 18.7 Å². The molecule has 0 aliphatic carbocycles. The molecule has 0 unspecified atom stereocenters. The summed E-state index contributed by atoms with van der Waals surface area (Å²) in [5.41, 5.74) is 3.36. The van der Waals surface area contributed by atoms with Crippen LogP contribution in [-0.4, -0.2) is 35.1 Å². The Morgan fingerprint density at radius 2 is 1.93 bits per heavy atom. The first kappa shape index (κ1) is 21.5. The maximum absolute atomic E-state index is 13.5. The van der Waals surface area contributed by atoms with Gasteiger partial charge in [0.05, 0.1) is 11.6 Å². The minimum Gasteiger partial charge on any atom is -0.447 e. The number of carbonyl (C=O) groups excluding carboxylic acids is 2. The molecule has 0 fully saturated rings. The third-order valence-electron chi connectivity index (χ3n) is 4.28. The second-order valence-electron chi connectivity index (χ2n) is 6.40. The van der Waals surface area contributed by atoms with Crippen LogP contribution >= 0.6 is 11.6 Å². The van der Waals surface area contributed by atoms with Gasteiger partial charge < -0.3 is 4.74 Å². The van der Waals surface area contributed by atoms with Crippen molar-refractivity contribution >= 4 is 40.2 Å². The van der Waals surface area contributed by atoms with Crippen molar-refractivity contribution in [3.05, 3.63) is 71.1 Å². The van der Waals surface area contributed by atoms with E-state index >= 15 is 0 Å². The second-order valence-corrected chi connectivity index (χ2v) is 6.77. The lowest BCUT2D eigenvalue weighted by molar-refractivity contribution is -0.132. The van der Waals surface area contributed by atoms with Crippen molar-refractivity contribution in [1.29, 1.82) is 0 Å². The Hall–Kier alpha value is -3.23. The van der Waals surface area contributed by atoms with Gasteiger partial charge in [0.1, 0.15) is 18.2 Å². The summed E-state index contributed by atoms with van der Waals surface area (Å²) in [5.74, 6) is -0.462. The highest BCUT2D eigenvalue weighted by Gasteiger charge is 2.12. The SMILES string of the molecule is CC(=O)N(CCOC(=O)Nc1cc2ccccc2cn1)NCc1cccc(F)c1Cl. The highest BCUT2D eigenvalue weighted by Crippen LogP contribution is 2.19. The molecule has 2 N–H and O–H groups in total. The third kappa shape index (κ3) is 5.65. The zero-order valence-electron chi connectivity index (χ0n) is 16.2. The number of ether oxygens (including phenoxy) is 1. The summed E-state index contributed by atoms with van der Waals surface area (Å²) in [6.45, 7) is 1.55. The van der Waals surface area contributed by atoms with E-state index in [-0.39, 0.29) is 30.6 Å². The van der Waals surface area contributed by atoms with E-state index in [9.17, 15) is 14.0 Å². The zero-order chi connectivity index (χ0) is 21.5. The van der Waals surface area contributed by atoms with Gasteiger partial charge in [-0.3, -0.25) is 15.1 Å². The van der Waals surface area contributed by atoms with Crippen LogP contribution < -0.4 is 10.7 Å². The van der Waals surface area contributed by atoms with Crippen molar-refractivity contribution in [2.75, 3.05) is 18.5 Å². The summed E-state index contributed by atoms with van der Waals surface area (Å²) >= 11 is 5.91. The van der Waals surface area contributed by atoms with Crippen LogP contribution in [0.5, 0.6) is 0 Å². The number of pyridine rings is 1. The van der Waals surface area contributed by atoms with E-state index in [1.165, 1.54) is 24.1 Å². The standard InChI is InChI=1S/C21H20ClFN4O3/c1-14(28)27(25-13-17-7-4-8-18(23)20(17)22)9-10-30-21(29)26-19-11-15-5-2-3-6-16(15)12-24-19/h2-8,11-12,25H,9-10,13H2,1H3,(H,24,26,29). The lowest BCUT2D eigenvalue weighted by atomic mass is 10.2. The van der Waals surface area contributed by atoms with Crippen LogP contribution in [0.3, 0.4) is 0 Å². The van der Waals surface area contributed by atoms with Gasteiger partial charge in [0, 0.05) is 25.1 Å². The monoisotopic (exact) mass is 430 g/mol. The molecule has 0 aliphatic heterocycles. The van der Waals surface area contributed by atoms with E-state index in [2.05, 4.69) is 15.7 Å². The van der Waals surface area contributed by atoms with Gasteiger partial charge in [0.25, 0.3) is 0 Å². The number of benzene rings is 2. The molecule has 156 valence electrons. The molecule has 9 heteroatoms. The Labute approximate surface area is 177 Å². The molecule has 0 saturated heterocycles. The molecule has 3 aromatic rings. The Balaban J connectivity index is 1.49. The largest absolute Gasteiger partial charge is 0.447 e. The quantitative estimate of drug-likeness (QED) is 0.551. The van der Waals surface area contributed by atoms with Crippen molar-refractivity contribution in [3.8, 4) is 0 Å². The van der Waals surface area contributed by atoms with Crippen LogP contribution in [0.2, 0.25) is 5.02 Å². The summed E-state index contributed by atoms with van der Waals surface area (Å²) in [7, 11) is 0. The highest BCUT2D eigenvalue weighted by molar-refractivity contribution is 6.31. The van der Waals surface area contributed by atoms with E-state index in [0.29, 0.717) is 11.4 Å². The van der Waals surface area contributed by atoms with Gasteiger partial charge in [-0.15, -0.1) is 0 Å². The van der Waals surface area contributed by atoms with Crippen LogP contribution in [0, 0.1) is 5.82 Å². The maximum Gasteiger partial charge on any atom is 0.412 e. The molecule has 7 nitrogen and oxygen atoms in total. The van der Waals surface area contributed by atoms with E-state index in [1.807, 2.05) is 24.3 Å². The number of hydrazine groups is 1. The molecule has 0 aliphatic rings. The topological polar surface area (TPSA) is 83.6 Å². The molecule has 0 radical (unpaired) electrons. The molecule has 3 rings (SSSR count). The lowest BCUT2D eigenvalue weighted by Gasteiger charge is -2.22. The summed E-state index contributed by atoms with van der Waals surface area (Å²) in [4.78, 5) is 28.0. The van der Waals surface area contributed by atoms with Gasteiger partial charge in [-0.05, 0) is 23.1 Å². The number of nitrogens with zero attached hydrogens (tertiary/aromatic N) is 2. The Bertz CT molecular complexity index is 1060.